The van der Waals surface area contributed by atoms with E-state index in [2.05, 4.69) is 15.3 Å². The lowest BCUT2D eigenvalue weighted by Gasteiger charge is -1.97. The average molecular weight is 352 g/mol. The molecule has 9 heteroatoms. The van der Waals surface area contributed by atoms with Gasteiger partial charge in [0, 0.05) is 7.05 Å². The van der Waals surface area contributed by atoms with Crippen molar-refractivity contribution in [2.75, 3.05) is 6.26 Å². The van der Waals surface area contributed by atoms with Gasteiger partial charge in [0.15, 0.2) is 5.65 Å². The molecule has 0 aromatic carbocycles. The molecule has 7 nitrogen and oxygen atoms in total. The molecule has 2 rings (SSSR count). The minimum absolute atomic E-state index is 0. The Balaban J connectivity index is 0.00000128. The first-order chi connectivity index (χ1) is 7.15. The van der Waals surface area contributed by atoms with E-state index in [0.717, 1.165) is 4.68 Å². The fraction of sp³-hybridized carbons (Fsp3) is 0.286. The van der Waals surface area contributed by atoms with Crippen molar-refractivity contribution in [2.24, 2.45) is 7.05 Å². The van der Waals surface area contributed by atoms with Crippen LogP contribution in [0.2, 0.25) is 0 Å². The molecule has 0 aliphatic rings. The summed E-state index contributed by atoms with van der Waals surface area (Å²) >= 11 is 1.24. The molecular formula is C7H9IN6OS. The number of hydrogen-bond acceptors (Lipinski definition) is 6. The van der Waals surface area contributed by atoms with E-state index in [-0.39, 0.29) is 34.7 Å². The molecule has 86 valence electrons. The number of nitrogens with one attached hydrogen (secondary N) is 1. The minimum atomic E-state index is -0.326. The lowest BCUT2D eigenvalue weighted by molar-refractivity contribution is 0.607. The van der Waals surface area contributed by atoms with E-state index in [4.69, 9.17) is 5.41 Å². The molecule has 0 unspecified atom stereocenters. The van der Waals surface area contributed by atoms with Crippen LogP contribution in [-0.4, -0.2) is 35.7 Å². The number of hydrogen-bond donors (Lipinski definition) is 1. The predicted octanol–water partition coefficient (Wildman–Crippen LogP) is 0.129. The maximum absolute atomic E-state index is 11.6. The van der Waals surface area contributed by atoms with Gasteiger partial charge < -0.3 is 0 Å². The van der Waals surface area contributed by atoms with Gasteiger partial charge in [0.25, 0.3) is 0 Å². The van der Waals surface area contributed by atoms with Crippen LogP contribution in [0.3, 0.4) is 0 Å². The number of fused-ring (bicyclic) bond motifs is 1. The first-order valence-corrected chi connectivity index (χ1v) is 5.27. The van der Waals surface area contributed by atoms with E-state index in [1.54, 1.807) is 6.26 Å². The first-order valence-electron chi connectivity index (χ1n) is 4.05. The number of imidazole rings is 1. The average Bonchev–Trinajstić information content (AvgIpc) is 2.66. The topological polar surface area (TPSA) is 88.9 Å². The Morgan fingerprint density at radius 1 is 1.56 bits per heavy atom. The largest absolute Gasteiger partial charge is 0.352 e. The van der Waals surface area contributed by atoms with Gasteiger partial charge in [-0.3, -0.25) is 5.41 Å². The van der Waals surface area contributed by atoms with Crippen LogP contribution in [0.5, 0.6) is 0 Å². The van der Waals surface area contributed by atoms with Crippen molar-refractivity contribution in [1.29, 1.82) is 5.41 Å². The summed E-state index contributed by atoms with van der Waals surface area (Å²) in [6, 6.07) is 0. The van der Waals surface area contributed by atoms with Crippen LogP contribution < -0.4 is 5.69 Å². The van der Waals surface area contributed by atoms with Crippen molar-refractivity contribution in [1.82, 2.24) is 24.4 Å². The molecule has 16 heavy (non-hydrogen) atoms. The second kappa shape index (κ2) is 4.91. The van der Waals surface area contributed by atoms with Gasteiger partial charge in [-0.05, 0) is 6.26 Å². The van der Waals surface area contributed by atoms with Gasteiger partial charge in [-0.2, -0.15) is 4.68 Å². The fourth-order valence-corrected chi connectivity index (χ4v) is 1.48. The fourth-order valence-electron chi connectivity index (χ4n) is 1.14. The Morgan fingerprint density at radius 2 is 2.25 bits per heavy atom. The quantitative estimate of drug-likeness (QED) is 0.448. The maximum atomic E-state index is 11.6. The minimum Gasteiger partial charge on any atom is -0.292 e. The van der Waals surface area contributed by atoms with Gasteiger partial charge in [-0.25, -0.2) is 14.2 Å². The highest BCUT2D eigenvalue weighted by Gasteiger charge is 2.13. The Labute approximate surface area is 112 Å². The summed E-state index contributed by atoms with van der Waals surface area (Å²) in [7, 11) is 1.51. The third-order valence-electron chi connectivity index (χ3n) is 1.92. The van der Waals surface area contributed by atoms with Crippen LogP contribution >= 0.6 is 35.7 Å². The van der Waals surface area contributed by atoms with Gasteiger partial charge in [0.2, 0.25) is 0 Å². The SMILES string of the molecule is CSC(=N)c1ncn2c(=O)n(C)nnc12.I. The van der Waals surface area contributed by atoms with Gasteiger partial charge in [0.1, 0.15) is 17.1 Å². The first kappa shape index (κ1) is 13.1. The van der Waals surface area contributed by atoms with E-state index in [1.807, 2.05) is 0 Å². The number of halogens is 1. The highest BCUT2D eigenvalue weighted by Crippen LogP contribution is 2.10. The molecule has 0 saturated heterocycles. The van der Waals surface area contributed by atoms with Crippen LogP contribution in [0, 0.1) is 5.41 Å². The standard InChI is InChI=1S/C7H8N6OS.HI/c1-12-7(14)13-3-9-4(5(8)15-2)6(13)10-11-12;/h3,8H,1-2H3;1H. The van der Waals surface area contributed by atoms with E-state index in [1.165, 1.54) is 29.5 Å². The maximum Gasteiger partial charge on any atom is 0.352 e. The van der Waals surface area contributed by atoms with Crippen molar-refractivity contribution in [3.8, 4) is 0 Å². The number of rotatable bonds is 1. The molecule has 0 fully saturated rings. The summed E-state index contributed by atoms with van der Waals surface area (Å²) in [6.45, 7) is 0. The number of aromatic nitrogens is 5. The number of aryl methyl sites for hydroxylation is 1. The summed E-state index contributed by atoms with van der Waals surface area (Å²) in [5, 5.41) is 15.3. The smallest absolute Gasteiger partial charge is 0.292 e. The molecule has 0 saturated carbocycles. The van der Waals surface area contributed by atoms with Gasteiger partial charge >= 0.3 is 5.69 Å². The molecule has 1 N–H and O–H groups in total. The molecule has 0 aliphatic heterocycles. The van der Waals surface area contributed by atoms with Gasteiger partial charge in [-0.1, -0.05) is 5.21 Å². The molecule has 0 spiro atoms. The van der Waals surface area contributed by atoms with Crippen LogP contribution in [0.1, 0.15) is 5.69 Å². The predicted molar refractivity (Wildman–Crippen MR) is 71.8 cm³/mol. The second-order valence-electron chi connectivity index (χ2n) is 2.82. The van der Waals surface area contributed by atoms with Crippen LogP contribution in [-0.2, 0) is 7.05 Å². The Morgan fingerprint density at radius 3 is 2.88 bits per heavy atom. The van der Waals surface area contributed by atoms with Crippen molar-refractivity contribution in [2.45, 2.75) is 0 Å². The summed E-state index contributed by atoms with van der Waals surface area (Å²) in [5.74, 6) is 0. The number of nitrogens with zero attached hydrogens (tertiary/aromatic N) is 5. The summed E-state index contributed by atoms with van der Waals surface area (Å²) in [6.07, 6.45) is 3.12. The molecule has 2 aromatic rings. The van der Waals surface area contributed by atoms with Crippen LogP contribution in [0.4, 0.5) is 0 Å². The zero-order valence-corrected chi connectivity index (χ0v) is 11.7. The lowest BCUT2D eigenvalue weighted by atomic mass is 10.5. The summed E-state index contributed by atoms with van der Waals surface area (Å²) in [5.41, 5.74) is 0.373. The van der Waals surface area contributed by atoms with E-state index in [9.17, 15) is 4.79 Å². The molecule has 0 amide bonds. The molecule has 2 aromatic heterocycles. The van der Waals surface area contributed by atoms with Crippen molar-refractivity contribution in [3.63, 3.8) is 0 Å². The van der Waals surface area contributed by atoms with Crippen molar-refractivity contribution < 1.29 is 0 Å². The molecule has 0 bridgehead atoms. The second-order valence-corrected chi connectivity index (χ2v) is 3.63. The van der Waals surface area contributed by atoms with E-state index in [0.29, 0.717) is 11.3 Å². The normalized spacial score (nSPS) is 10.1. The van der Waals surface area contributed by atoms with E-state index < -0.39 is 0 Å². The zero-order chi connectivity index (χ0) is 11.0. The third-order valence-corrected chi connectivity index (χ3v) is 2.52. The number of thioether (sulfide) groups is 1. The summed E-state index contributed by atoms with van der Waals surface area (Å²) < 4.78 is 2.38. The molecular weight excluding hydrogens is 343 g/mol. The Kier molecular flexibility index (Phi) is 4.02. The molecule has 2 heterocycles. The molecule has 0 atom stereocenters. The third kappa shape index (κ3) is 1.96. The highest BCUT2D eigenvalue weighted by molar-refractivity contribution is 14.0. The van der Waals surface area contributed by atoms with Gasteiger partial charge in [0.05, 0.1) is 0 Å². The molecule has 0 radical (unpaired) electrons. The Bertz CT molecular complexity index is 590. The lowest BCUT2D eigenvalue weighted by Crippen LogP contribution is -2.27. The van der Waals surface area contributed by atoms with E-state index >= 15 is 0 Å². The van der Waals surface area contributed by atoms with Gasteiger partial charge in [-0.15, -0.1) is 40.8 Å². The monoisotopic (exact) mass is 352 g/mol. The van der Waals surface area contributed by atoms with Crippen LogP contribution in [0.25, 0.3) is 5.65 Å². The summed E-state index contributed by atoms with van der Waals surface area (Å²) in [4.78, 5) is 15.5. The van der Waals surface area contributed by atoms with Crippen molar-refractivity contribution in [3.05, 3.63) is 22.5 Å². The molecule has 0 aliphatic carbocycles. The zero-order valence-electron chi connectivity index (χ0n) is 8.54. The van der Waals surface area contributed by atoms with Crippen molar-refractivity contribution >= 4 is 46.4 Å². The Hall–Kier alpha value is -0.970. The highest BCUT2D eigenvalue weighted by atomic mass is 127. The van der Waals surface area contributed by atoms with Crippen LogP contribution in [0.15, 0.2) is 11.1 Å².